The first kappa shape index (κ1) is 18.5. The first-order valence-electron chi connectivity index (χ1n) is 8.01. The monoisotopic (exact) mass is 351 g/mol. The Hall–Kier alpha value is -2.84. The third-order valence-corrected chi connectivity index (χ3v) is 3.41. The molecule has 2 aromatic heterocycles. The minimum Gasteiger partial charge on any atom is -0.492 e. The number of carbonyl (C=O) groups is 2. The van der Waals surface area contributed by atoms with Crippen molar-refractivity contribution in [1.82, 2.24) is 14.2 Å². The lowest BCUT2D eigenvalue weighted by Crippen LogP contribution is -2.31. The topological polar surface area (TPSA) is 112 Å². The number of rotatable bonds is 6. The van der Waals surface area contributed by atoms with Gasteiger partial charge in [-0.25, -0.2) is 9.59 Å². The molecule has 0 fully saturated rings. The summed E-state index contributed by atoms with van der Waals surface area (Å²) in [5.41, 5.74) is -1.16. The molecule has 0 aromatic carbocycles. The summed E-state index contributed by atoms with van der Waals surface area (Å²) < 4.78 is 12.0. The molecule has 0 amide bonds. The van der Waals surface area contributed by atoms with E-state index in [1.54, 1.807) is 13.8 Å². The zero-order valence-corrected chi connectivity index (χ0v) is 14.6. The molecule has 0 saturated carbocycles. The standard InChI is InChI=1S/C16H21N3O6/c1-5-24-15(22)10-7-17-19-12(10)18(8-9(3)4)13(20)11(14(19)21)16(23)25-6-2/h7,9,21H,5-6,8H2,1-4H3. The van der Waals surface area contributed by atoms with Crippen molar-refractivity contribution < 1.29 is 24.2 Å². The molecule has 9 heteroatoms. The van der Waals surface area contributed by atoms with Crippen molar-refractivity contribution in [2.45, 2.75) is 34.2 Å². The Kier molecular flexibility index (Phi) is 5.45. The van der Waals surface area contributed by atoms with Gasteiger partial charge in [0.2, 0.25) is 5.88 Å². The largest absolute Gasteiger partial charge is 0.492 e. The quantitative estimate of drug-likeness (QED) is 0.778. The Balaban J connectivity index is 2.83. The van der Waals surface area contributed by atoms with Gasteiger partial charge in [0.25, 0.3) is 5.56 Å². The lowest BCUT2D eigenvalue weighted by Gasteiger charge is -2.15. The summed E-state index contributed by atoms with van der Waals surface area (Å²) in [7, 11) is 0. The molecule has 0 aliphatic carbocycles. The van der Waals surface area contributed by atoms with Crippen molar-refractivity contribution in [1.29, 1.82) is 0 Å². The maximum absolute atomic E-state index is 12.8. The van der Waals surface area contributed by atoms with Crippen LogP contribution in [0.1, 0.15) is 48.4 Å². The van der Waals surface area contributed by atoms with Crippen LogP contribution in [0.4, 0.5) is 0 Å². The lowest BCUT2D eigenvalue weighted by atomic mass is 10.2. The van der Waals surface area contributed by atoms with Crippen LogP contribution in [0.15, 0.2) is 11.0 Å². The van der Waals surface area contributed by atoms with Gasteiger partial charge in [0.15, 0.2) is 11.2 Å². The van der Waals surface area contributed by atoms with Crippen molar-refractivity contribution in [2.75, 3.05) is 13.2 Å². The number of esters is 2. The second kappa shape index (κ2) is 7.37. The molecule has 1 N–H and O–H groups in total. The van der Waals surface area contributed by atoms with Crippen LogP contribution in [-0.2, 0) is 16.0 Å². The third-order valence-electron chi connectivity index (χ3n) is 3.41. The summed E-state index contributed by atoms with van der Waals surface area (Å²) in [6.45, 7) is 7.41. The minimum absolute atomic E-state index is 0.0327. The van der Waals surface area contributed by atoms with Crippen molar-refractivity contribution in [3.8, 4) is 5.88 Å². The Morgan fingerprint density at radius 1 is 1.20 bits per heavy atom. The van der Waals surface area contributed by atoms with Crippen LogP contribution in [0.25, 0.3) is 5.65 Å². The molecule has 0 aliphatic heterocycles. The van der Waals surface area contributed by atoms with Crippen LogP contribution in [0.5, 0.6) is 5.88 Å². The Morgan fingerprint density at radius 2 is 1.80 bits per heavy atom. The van der Waals surface area contributed by atoms with Crippen LogP contribution >= 0.6 is 0 Å². The molecule has 136 valence electrons. The molecule has 9 nitrogen and oxygen atoms in total. The smallest absolute Gasteiger partial charge is 0.349 e. The highest BCUT2D eigenvalue weighted by atomic mass is 16.5. The fraction of sp³-hybridized carbons (Fsp3) is 0.500. The van der Waals surface area contributed by atoms with E-state index in [0.29, 0.717) is 0 Å². The van der Waals surface area contributed by atoms with Gasteiger partial charge in [-0.2, -0.15) is 9.61 Å². The number of carbonyl (C=O) groups excluding carboxylic acids is 2. The van der Waals surface area contributed by atoms with Gasteiger partial charge in [0.1, 0.15) is 5.56 Å². The predicted octanol–water partition coefficient (Wildman–Crippen LogP) is 1.21. The zero-order chi connectivity index (χ0) is 18.7. The van der Waals surface area contributed by atoms with Gasteiger partial charge in [0, 0.05) is 6.54 Å². The SMILES string of the molecule is CCOC(=O)c1c(O)n2ncc(C(=O)OCC)c2n(CC(C)C)c1=O. The average Bonchev–Trinajstić information content (AvgIpc) is 2.97. The van der Waals surface area contributed by atoms with Crippen LogP contribution in [0, 0.1) is 5.92 Å². The molecule has 2 rings (SSSR count). The number of hydrogen-bond acceptors (Lipinski definition) is 7. The Morgan fingerprint density at radius 3 is 2.36 bits per heavy atom. The molecule has 0 spiro atoms. The van der Waals surface area contributed by atoms with Gasteiger partial charge in [-0.3, -0.25) is 9.36 Å². The Labute approximate surface area is 143 Å². The van der Waals surface area contributed by atoms with Gasteiger partial charge < -0.3 is 14.6 Å². The number of hydrogen-bond donors (Lipinski definition) is 1. The third kappa shape index (κ3) is 3.35. The fourth-order valence-corrected chi connectivity index (χ4v) is 2.46. The minimum atomic E-state index is -0.947. The van der Waals surface area contributed by atoms with Crippen molar-refractivity contribution >= 4 is 17.6 Å². The molecule has 0 saturated heterocycles. The zero-order valence-electron chi connectivity index (χ0n) is 14.6. The van der Waals surface area contributed by atoms with Crippen LogP contribution in [0.2, 0.25) is 0 Å². The van der Waals surface area contributed by atoms with E-state index < -0.39 is 28.9 Å². The van der Waals surface area contributed by atoms with Gasteiger partial charge in [-0.1, -0.05) is 13.8 Å². The number of fused-ring (bicyclic) bond motifs is 1. The van der Waals surface area contributed by atoms with Crippen molar-refractivity contribution in [3.63, 3.8) is 0 Å². The van der Waals surface area contributed by atoms with Crippen molar-refractivity contribution in [3.05, 3.63) is 27.7 Å². The van der Waals surface area contributed by atoms with Gasteiger partial charge in [-0.05, 0) is 19.8 Å². The van der Waals surface area contributed by atoms with E-state index in [0.717, 1.165) is 4.52 Å². The summed E-state index contributed by atoms with van der Waals surface area (Å²) in [6, 6.07) is 0. The molecule has 0 radical (unpaired) electrons. The maximum atomic E-state index is 12.8. The first-order valence-corrected chi connectivity index (χ1v) is 8.01. The average molecular weight is 351 g/mol. The molecule has 0 aliphatic rings. The number of ether oxygens (including phenoxy) is 2. The number of nitrogens with zero attached hydrogens (tertiary/aromatic N) is 3. The lowest BCUT2D eigenvalue weighted by molar-refractivity contribution is 0.0514. The highest BCUT2D eigenvalue weighted by Crippen LogP contribution is 2.21. The predicted molar refractivity (Wildman–Crippen MR) is 87.9 cm³/mol. The van der Waals surface area contributed by atoms with Gasteiger partial charge >= 0.3 is 11.9 Å². The summed E-state index contributed by atoms with van der Waals surface area (Å²) >= 11 is 0. The number of aromatic nitrogens is 3. The molecule has 0 unspecified atom stereocenters. The van der Waals surface area contributed by atoms with Crippen LogP contribution in [0.3, 0.4) is 0 Å². The Bertz CT molecular complexity index is 865. The van der Waals surface area contributed by atoms with Crippen LogP contribution in [-0.4, -0.2) is 44.4 Å². The summed E-state index contributed by atoms with van der Waals surface area (Å²) in [6.07, 6.45) is 1.19. The maximum Gasteiger partial charge on any atom is 0.349 e. The van der Waals surface area contributed by atoms with E-state index in [2.05, 4.69) is 5.10 Å². The normalized spacial score (nSPS) is 11.1. The van der Waals surface area contributed by atoms with Crippen molar-refractivity contribution in [2.24, 2.45) is 5.92 Å². The summed E-state index contributed by atoms with van der Waals surface area (Å²) in [4.78, 5) is 37.0. The molecule has 0 atom stereocenters. The van der Waals surface area contributed by atoms with E-state index in [-0.39, 0.29) is 36.9 Å². The molecule has 25 heavy (non-hydrogen) atoms. The molecule has 2 heterocycles. The van der Waals surface area contributed by atoms with Gasteiger partial charge in [-0.15, -0.1) is 0 Å². The van der Waals surface area contributed by atoms with E-state index in [1.165, 1.54) is 10.8 Å². The number of aromatic hydroxyl groups is 1. The molecular formula is C16H21N3O6. The summed E-state index contributed by atoms with van der Waals surface area (Å²) in [5, 5.41) is 14.3. The highest BCUT2D eigenvalue weighted by Gasteiger charge is 2.28. The highest BCUT2D eigenvalue weighted by molar-refractivity contribution is 5.97. The van der Waals surface area contributed by atoms with E-state index in [9.17, 15) is 19.5 Å². The van der Waals surface area contributed by atoms with E-state index in [1.807, 2.05) is 13.8 Å². The molecule has 0 bridgehead atoms. The van der Waals surface area contributed by atoms with Crippen LogP contribution < -0.4 is 5.56 Å². The summed E-state index contributed by atoms with van der Waals surface area (Å²) in [5.74, 6) is -2.25. The van der Waals surface area contributed by atoms with E-state index >= 15 is 0 Å². The molecule has 2 aromatic rings. The fourth-order valence-electron chi connectivity index (χ4n) is 2.46. The van der Waals surface area contributed by atoms with E-state index in [4.69, 9.17) is 9.47 Å². The second-order valence-corrected chi connectivity index (χ2v) is 5.74. The van der Waals surface area contributed by atoms with Gasteiger partial charge in [0.05, 0.1) is 19.4 Å². The second-order valence-electron chi connectivity index (χ2n) is 5.74. The first-order chi connectivity index (χ1) is 11.8. The molecular weight excluding hydrogens is 330 g/mol.